The van der Waals surface area contributed by atoms with Gasteiger partial charge in [-0.2, -0.15) is 0 Å². The smallest absolute Gasteiger partial charge is 0.411 e. The van der Waals surface area contributed by atoms with Crippen molar-refractivity contribution in [1.82, 2.24) is 10.2 Å². The summed E-state index contributed by atoms with van der Waals surface area (Å²) in [6, 6.07) is 6.26. The van der Waals surface area contributed by atoms with Gasteiger partial charge < -0.3 is 9.84 Å². The predicted octanol–water partition coefficient (Wildman–Crippen LogP) is 1.38. The number of hydrogen-bond acceptors (Lipinski definition) is 4. The molecule has 0 spiro atoms. The Morgan fingerprint density at radius 3 is 2.28 bits per heavy atom. The van der Waals surface area contributed by atoms with Crippen molar-refractivity contribution >= 4 is 12.0 Å². The van der Waals surface area contributed by atoms with Gasteiger partial charge in [0.15, 0.2) is 0 Å². The molecule has 0 aliphatic heterocycles. The molecule has 1 unspecified atom stereocenters. The highest BCUT2D eigenvalue weighted by Crippen LogP contribution is 2.14. The summed E-state index contributed by atoms with van der Waals surface area (Å²) < 4.78 is 5.57. The fourth-order valence-corrected chi connectivity index (χ4v) is 1.16. The summed E-state index contributed by atoms with van der Waals surface area (Å²) in [7, 11) is 3.78. The van der Waals surface area contributed by atoms with Gasteiger partial charge in [-0.3, -0.25) is 15.0 Å². The lowest BCUT2D eigenvalue weighted by atomic mass is 10.2. The number of ether oxygens (including phenoxy) is 1. The second-order valence-electron chi connectivity index (χ2n) is 3.96. The Labute approximate surface area is 105 Å². The molecular formula is C12H16N2O4. The van der Waals surface area contributed by atoms with Crippen molar-refractivity contribution in [3.8, 4) is 5.75 Å². The lowest BCUT2D eigenvalue weighted by Gasteiger charge is -2.21. The maximum atomic E-state index is 11.4. The molecule has 2 amide bonds. The molecule has 0 aliphatic carbocycles. The summed E-state index contributed by atoms with van der Waals surface area (Å²) in [6.07, 6.45) is -1.47. The van der Waals surface area contributed by atoms with E-state index in [4.69, 9.17) is 9.84 Å². The standard InChI is InChI=1S/C12H16N2O4/c1-8(14(2)3)18-10-6-4-9(5-7-10)11(15)13-12(16)17/h4-8H,1-3H3,(H,13,15)(H,16,17). The van der Waals surface area contributed by atoms with E-state index in [9.17, 15) is 9.59 Å². The maximum absolute atomic E-state index is 11.4. The molecule has 6 heteroatoms. The summed E-state index contributed by atoms with van der Waals surface area (Å²) in [5, 5.41) is 10.2. The fourth-order valence-electron chi connectivity index (χ4n) is 1.16. The minimum absolute atomic E-state index is 0.0938. The van der Waals surface area contributed by atoms with E-state index in [0.29, 0.717) is 5.75 Å². The van der Waals surface area contributed by atoms with E-state index in [1.807, 2.05) is 25.9 Å². The van der Waals surface area contributed by atoms with Crippen molar-refractivity contribution in [2.45, 2.75) is 13.2 Å². The molecule has 1 rings (SSSR count). The number of carboxylic acid groups (broad SMARTS) is 1. The molecule has 0 heterocycles. The number of rotatable bonds is 4. The van der Waals surface area contributed by atoms with Gasteiger partial charge in [-0.05, 0) is 45.3 Å². The van der Waals surface area contributed by atoms with Crippen LogP contribution in [0.2, 0.25) is 0 Å². The Morgan fingerprint density at radius 1 is 1.28 bits per heavy atom. The van der Waals surface area contributed by atoms with Gasteiger partial charge in [0.1, 0.15) is 12.0 Å². The number of carbonyl (C=O) groups is 2. The van der Waals surface area contributed by atoms with Crippen LogP contribution < -0.4 is 10.1 Å². The highest BCUT2D eigenvalue weighted by atomic mass is 16.5. The molecule has 0 saturated heterocycles. The normalized spacial score (nSPS) is 12.0. The first-order chi connectivity index (χ1) is 8.40. The van der Waals surface area contributed by atoms with E-state index in [0.717, 1.165) is 0 Å². The molecule has 98 valence electrons. The summed E-state index contributed by atoms with van der Waals surface area (Å²) >= 11 is 0. The van der Waals surface area contributed by atoms with Crippen molar-refractivity contribution < 1.29 is 19.4 Å². The van der Waals surface area contributed by atoms with Gasteiger partial charge in [0.05, 0.1) is 0 Å². The Morgan fingerprint density at radius 2 is 1.83 bits per heavy atom. The Kier molecular flexibility index (Phi) is 4.67. The van der Waals surface area contributed by atoms with Gasteiger partial charge in [-0.1, -0.05) is 0 Å². The molecule has 0 fully saturated rings. The largest absolute Gasteiger partial charge is 0.475 e. The van der Waals surface area contributed by atoms with Crippen LogP contribution in [0.1, 0.15) is 17.3 Å². The third-order valence-electron chi connectivity index (χ3n) is 2.37. The number of carbonyl (C=O) groups excluding carboxylic acids is 1. The highest BCUT2D eigenvalue weighted by Gasteiger charge is 2.10. The molecule has 0 aromatic heterocycles. The first-order valence-corrected chi connectivity index (χ1v) is 5.37. The zero-order valence-corrected chi connectivity index (χ0v) is 10.5. The van der Waals surface area contributed by atoms with E-state index < -0.39 is 12.0 Å². The lowest BCUT2D eigenvalue weighted by molar-refractivity contribution is 0.0815. The van der Waals surface area contributed by atoms with Crippen molar-refractivity contribution in [2.75, 3.05) is 14.1 Å². The van der Waals surface area contributed by atoms with E-state index in [2.05, 4.69) is 0 Å². The molecule has 0 bridgehead atoms. The van der Waals surface area contributed by atoms with Crippen LogP contribution in [0.15, 0.2) is 24.3 Å². The number of benzene rings is 1. The van der Waals surface area contributed by atoms with Gasteiger partial charge in [0.25, 0.3) is 5.91 Å². The second-order valence-corrected chi connectivity index (χ2v) is 3.96. The quantitative estimate of drug-likeness (QED) is 0.791. The van der Waals surface area contributed by atoms with Crippen molar-refractivity contribution in [3.63, 3.8) is 0 Å². The molecule has 0 aliphatic rings. The molecule has 1 aromatic rings. The third-order valence-corrected chi connectivity index (χ3v) is 2.37. The van der Waals surface area contributed by atoms with Crippen molar-refractivity contribution in [3.05, 3.63) is 29.8 Å². The summed E-state index contributed by atoms with van der Waals surface area (Å²) in [5.41, 5.74) is 0.266. The monoisotopic (exact) mass is 252 g/mol. The van der Waals surface area contributed by atoms with Crippen LogP contribution >= 0.6 is 0 Å². The van der Waals surface area contributed by atoms with Gasteiger partial charge >= 0.3 is 6.09 Å². The number of nitrogens with zero attached hydrogens (tertiary/aromatic N) is 1. The molecule has 2 N–H and O–H groups in total. The molecule has 0 radical (unpaired) electrons. The van der Waals surface area contributed by atoms with Gasteiger partial charge in [-0.15, -0.1) is 0 Å². The fraction of sp³-hybridized carbons (Fsp3) is 0.333. The van der Waals surface area contributed by atoms with E-state index in [1.54, 1.807) is 17.4 Å². The molecule has 0 saturated carbocycles. The second kappa shape index (κ2) is 6.02. The number of nitrogens with one attached hydrogen (secondary N) is 1. The van der Waals surface area contributed by atoms with Gasteiger partial charge in [0.2, 0.25) is 0 Å². The predicted molar refractivity (Wildman–Crippen MR) is 65.7 cm³/mol. The molecule has 1 atom stereocenters. The number of imide groups is 1. The van der Waals surface area contributed by atoms with Crippen LogP contribution in [0.4, 0.5) is 4.79 Å². The summed E-state index contributed by atoms with van der Waals surface area (Å²) in [5.74, 6) is -0.0437. The van der Waals surface area contributed by atoms with Crippen LogP contribution in [-0.4, -0.2) is 42.3 Å². The third kappa shape index (κ3) is 4.06. The molecule has 6 nitrogen and oxygen atoms in total. The minimum atomic E-state index is -1.37. The molecule has 1 aromatic carbocycles. The number of hydrogen-bond donors (Lipinski definition) is 2. The minimum Gasteiger partial charge on any atom is -0.475 e. The van der Waals surface area contributed by atoms with Crippen LogP contribution in [-0.2, 0) is 0 Å². The Hall–Kier alpha value is -2.08. The first-order valence-electron chi connectivity index (χ1n) is 5.37. The van der Waals surface area contributed by atoms with Gasteiger partial charge in [-0.25, -0.2) is 4.79 Å². The average Bonchev–Trinajstić information content (AvgIpc) is 2.28. The Bertz CT molecular complexity index is 428. The Balaban J connectivity index is 2.68. The van der Waals surface area contributed by atoms with Crippen LogP contribution in [0, 0.1) is 0 Å². The maximum Gasteiger partial charge on any atom is 0.411 e. The summed E-state index contributed by atoms with van der Waals surface area (Å²) in [6.45, 7) is 1.89. The van der Waals surface area contributed by atoms with E-state index >= 15 is 0 Å². The summed E-state index contributed by atoms with van der Waals surface area (Å²) in [4.78, 5) is 23.6. The van der Waals surface area contributed by atoms with Crippen LogP contribution in [0.25, 0.3) is 0 Å². The first kappa shape index (κ1) is 14.0. The average molecular weight is 252 g/mol. The van der Waals surface area contributed by atoms with Crippen molar-refractivity contribution in [2.24, 2.45) is 0 Å². The van der Waals surface area contributed by atoms with E-state index in [1.165, 1.54) is 12.1 Å². The SMILES string of the molecule is CC(Oc1ccc(C(=O)NC(=O)O)cc1)N(C)C. The van der Waals surface area contributed by atoms with E-state index in [-0.39, 0.29) is 11.8 Å². The highest BCUT2D eigenvalue weighted by molar-refractivity contribution is 6.02. The van der Waals surface area contributed by atoms with Gasteiger partial charge in [0, 0.05) is 5.56 Å². The zero-order chi connectivity index (χ0) is 13.7. The molecular weight excluding hydrogens is 236 g/mol. The zero-order valence-electron chi connectivity index (χ0n) is 10.5. The van der Waals surface area contributed by atoms with Crippen molar-refractivity contribution in [1.29, 1.82) is 0 Å². The molecule has 18 heavy (non-hydrogen) atoms. The van der Waals surface area contributed by atoms with Crippen LogP contribution in [0.5, 0.6) is 5.75 Å². The van der Waals surface area contributed by atoms with Crippen LogP contribution in [0.3, 0.4) is 0 Å². The number of amides is 2. The lowest BCUT2D eigenvalue weighted by Crippen LogP contribution is -2.30. The topological polar surface area (TPSA) is 78.9 Å².